The van der Waals surface area contributed by atoms with E-state index in [2.05, 4.69) is 4.74 Å². The summed E-state index contributed by atoms with van der Waals surface area (Å²) in [6, 6.07) is 8.74. The summed E-state index contributed by atoms with van der Waals surface area (Å²) in [6.45, 7) is 0. The van der Waals surface area contributed by atoms with E-state index in [1.807, 2.05) is 0 Å². The average molecular weight is 328 g/mol. The van der Waals surface area contributed by atoms with Gasteiger partial charge in [0, 0.05) is 12.0 Å². The van der Waals surface area contributed by atoms with E-state index in [1.54, 1.807) is 0 Å². The lowest BCUT2D eigenvalue weighted by molar-refractivity contribution is -0.275. The van der Waals surface area contributed by atoms with Crippen molar-refractivity contribution < 1.29 is 31.8 Å². The molecule has 23 heavy (non-hydrogen) atoms. The van der Waals surface area contributed by atoms with Crippen LogP contribution >= 0.6 is 0 Å². The highest BCUT2D eigenvalue weighted by molar-refractivity contribution is 5.97. The fourth-order valence-electron chi connectivity index (χ4n) is 1.96. The first kappa shape index (κ1) is 16.8. The van der Waals surface area contributed by atoms with E-state index in [1.165, 1.54) is 31.4 Å². The number of Topliss-reactive ketones (excluding diaryl/α,β-unsaturated/α-hetero) is 1. The van der Waals surface area contributed by atoms with E-state index in [4.69, 9.17) is 4.74 Å². The lowest BCUT2D eigenvalue weighted by Gasteiger charge is -2.13. The van der Waals surface area contributed by atoms with Crippen molar-refractivity contribution >= 4 is 5.78 Å². The number of hydrogen-bond donors (Lipinski definition) is 0. The number of ether oxygens (including phenoxy) is 2. The van der Waals surface area contributed by atoms with Gasteiger partial charge >= 0.3 is 6.36 Å². The van der Waals surface area contributed by atoms with Crippen LogP contribution in [0.2, 0.25) is 0 Å². The summed E-state index contributed by atoms with van der Waals surface area (Å²) in [5, 5.41) is 0. The van der Waals surface area contributed by atoms with Gasteiger partial charge in [0.25, 0.3) is 0 Å². The predicted octanol–water partition coefficient (Wildman–Crippen LogP) is 4.16. The highest BCUT2D eigenvalue weighted by Gasteiger charge is 2.32. The number of benzene rings is 2. The molecule has 0 bridgehead atoms. The lowest BCUT2D eigenvalue weighted by Crippen LogP contribution is -2.18. The molecule has 0 aromatic heterocycles. The Labute approximate surface area is 129 Å². The summed E-state index contributed by atoms with van der Waals surface area (Å²) < 4.78 is 58.6. The fraction of sp³-hybridized carbons (Fsp3) is 0.188. The van der Waals surface area contributed by atoms with Gasteiger partial charge in [0.1, 0.15) is 5.82 Å². The van der Waals surface area contributed by atoms with E-state index in [9.17, 15) is 22.4 Å². The van der Waals surface area contributed by atoms with Crippen LogP contribution in [0.5, 0.6) is 11.5 Å². The molecule has 7 heteroatoms. The van der Waals surface area contributed by atoms with Crippen LogP contribution in [-0.2, 0) is 6.42 Å². The highest BCUT2D eigenvalue weighted by Crippen LogP contribution is 2.33. The van der Waals surface area contributed by atoms with Gasteiger partial charge < -0.3 is 9.47 Å². The summed E-state index contributed by atoms with van der Waals surface area (Å²) in [6.07, 6.45) is -5.02. The normalized spacial score (nSPS) is 11.2. The van der Waals surface area contributed by atoms with Crippen molar-refractivity contribution in [3.63, 3.8) is 0 Å². The van der Waals surface area contributed by atoms with E-state index in [-0.39, 0.29) is 23.5 Å². The number of alkyl halides is 3. The number of carbonyl (C=O) groups excluding carboxylic acids is 1. The molecule has 0 atom stereocenters. The first-order valence-corrected chi connectivity index (χ1v) is 6.50. The number of halogens is 4. The van der Waals surface area contributed by atoms with Crippen molar-refractivity contribution in [3.05, 3.63) is 59.4 Å². The summed E-state index contributed by atoms with van der Waals surface area (Å²) in [5.41, 5.74) is 0.583. The van der Waals surface area contributed by atoms with Gasteiger partial charge in [-0.1, -0.05) is 6.07 Å². The van der Waals surface area contributed by atoms with Gasteiger partial charge in [-0.25, -0.2) is 4.39 Å². The van der Waals surface area contributed by atoms with Crippen molar-refractivity contribution in [3.8, 4) is 11.5 Å². The van der Waals surface area contributed by atoms with Crippen LogP contribution in [-0.4, -0.2) is 19.3 Å². The first-order valence-electron chi connectivity index (χ1n) is 6.50. The van der Waals surface area contributed by atoms with Crippen LogP contribution in [0.3, 0.4) is 0 Å². The Morgan fingerprint density at radius 2 is 1.70 bits per heavy atom. The van der Waals surface area contributed by atoms with Gasteiger partial charge in [-0.15, -0.1) is 13.2 Å². The molecule has 0 spiro atoms. The third-order valence-corrected chi connectivity index (χ3v) is 2.98. The molecule has 2 rings (SSSR count). The number of methoxy groups -OCH3 is 1. The maximum absolute atomic E-state index is 12.8. The largest absolute Gasteiger partial charge is 0.573 e. The fourth-order valence-corrected chi connectivity index (χ4v) is 1.96. The molecule has 122 valence electrons. The SMILES string of the molecule is COc1ccc(CC(=O)c2ccc(F)cc2)cc1OC(F)(F)F. The molecule has 0 unspecified atom stereocenters. The van der Waals surface area contributed by atoms with E-state index < -0.39 is 17.9 Å². The third-order valence-electron chi connectivity index (χ3n) is 2.98. The molecule has 0 aliphatic rings. The molecule has 0 fully saturated rings. The Morgan fingerprint density at radius 3 is 2.26 bits per heavy atom. The zero-order chi connectivity index (χ0) is 17.0. The second kappa shape index (κ2) is 6.68. The van der Waals surface area contributed by atoms with E-state index >= 15 is 0 Å². The second-order valence-electron chi connectivity index (χ2n) is 4.64. The molecule has 0 aliphatic heterocycles. The van der Waals surface area contributed by atoms with Gasteiger partial charge in [-0.3, -0.25) is 4.79 Å². The average Bonchev–Trinajstić information content (AvgIpc) is 2.46. The van der Waals surface area contributed by atoms with Crippen LogP contribution in [0, 0.1) is 5.82 Å². The maximum Gasteiger partial charge on any atom is 0.573 e. The Balaban J connectivity index is 2.21. The molecule has 0 heterocycles. The standard InChI is InChI=1S/C16H12F4O3/c1-22-14-7-2-10(9-15(14)23-16(18,19)20)8-13(21)11-3-5-12(17)6-4-11/h2-7,9H,8H2,1H3. The Hall–Kier alpha value is -2.57. The molecule has 3 nitrogen and oxygen atoms in total. The van der Waals surface area contributed by atoms with E-state index in [0.717, 1.165) is 18.2 Å². The van der Waals surface area contributed by atoms with Crippen molar-refractivity contribution in [1.29, 1.82) is 0 Å². The van der Waals surface area contributed by atoms with Crippen LogP contribution in [0.15, 0.2) is 42.5 Å². The maximum atomic E-state index is 12.8. The van der Waals surface area contributed by atoms with Crippen LogP contribution in [0.4, 0.5) is 17.6 Å². The number of rotatable bonds is 5. The minimum atomic E-state index is -4.87. The number of hydrogen-bond acceptors (Lipinski definition) is 3. The lowest BCUT2D eigenvalue weighted by atomic mass is 10.0. The molecule has 0 aliphatic carbocycles. The van der Waals surface area contributed by atoms with Crippen molar-refractivity contribution in [2.45, 2.75) is 12.8 Å². The minimum absolute atomic E-state index is 0.0969. The van der Waals surface area contributed by atoms with Gasteiger partial charge in [-0.05, 0) is 42.0 Å². The molecular weight excluding hydrogens is 316 g/mol. The third kappa shape index (κ3) is 4.70. The molecule has 0 amide bonds. The van der Waals surface area contributed by atoms with Gasteiger partial charge in [0.15, 0.2) is 17.3 Å². The topological polar surface area (TPSA) is 35.5 Å². The van der Waals surface area contributed by atoms with Gasteiger partial charge in [0.2, 0.25) is 0 Å². The molecular formula is C16H12F4O3. The summed E-state index contributed by atoms with van der Waals surface area (Å²) in [7, 11) is 1.21. The second-order valence-corrected chi connectivity index (χ2v) is 4.64. The number of carbonyl (C=O) groups is 1. The Bertz CT molecular complexity index is 693. The molecule has 2 aromatic rings. The van der Waals surface area contributed by atoms with Crippen LogP contribution in [0.1, 0.15) is 15.9 Å². The summed E-state index contributed by atoms with van der Waals surface area (Å²) in [4.78, 5) is 12.1. The Morgan fingerprint density at radius 1 is 1.04 bits per heavy atom. The summed E-state index contributed by atoms with van der Waals surface area (Å²) in [5.74, 6) is -1.45. The zero-order valence-electron chi connectivity index (χ0n) is 12.0. The molecule has 2 aromatic carbocycles. The van der Waals surface area contributed by atoms with Crippen molar-refractivity contribution in [2.75, 3.05) is 7.11 Å². The predicted molar refractivity (Wildman–Crippen MR) is 74.1 cm³/mol. The molecule has 0 saturated heterocycles. The quantitative estimate of drug-likeness (QED) is 0.611. The van der Waals surface area contributed by atoms with Gasteiger partial charge in [-0.2, -0.15) is 0 Å². The summed E-state index contributed by atoms with van der Waals surface area (Å²) >= 11 is 0. The monoisotopic (exact) mass is 328 g/mol. The van der Waals surface area contributed by atoms with Crippen LogP contribution < -0.4 is 9.47 Å². The molecule has 0 radical (unpaired) electrons. The molecule has 0 saturated carbocycles. The molecule has 0 N–H and O–H groups in total. The zero-order valence-corrected chi connectivity index (χ0v) is 12.0. The Kier molecular flexibility index (Phi) is 4.88. The van der Waals surface area contributed by atoms with E-state index in [0.29, 0.717) is 5.56 Å². The van der Waals surface area contributed by atoms with Crippen molar-refractivity contribution in [2.24, 2.45) is 0 Å². The van der Waals surface area contributed by atoms with Crippen LogP contribution in [0.25, 0.3) is 0 Å². The smallest absolute Gasteiger partial charge is 0.493 e. The number of ketones is 1. The van der Waals surface area contributed by atoms with Gasteiger partial charge in [0.05, 0.1) is 7.11 Å². The highest BCUT2D eigenvalue weighted by atomic mass is 19.4. The first-order chi connectivity index (χ1) is 10.8. The minimum Gasteiger partial charge on any atom is -0.493 e. The van der Waals surface area contributed by atoms with Crippen molar-refractivity contribution in [1.82, 2.24) is 0 Å².